The van der Waals surface area contributed by atoms with Gasteiger partial charge in [0.15, 0.2) is 0 Å². The van der Waals surface area contributed by atoms with E-state index < -0.39 is 29.6 Å². The molecule has 1 aromatic carbocycles. The van der Waals surface area contributed by atoms with E-state index in [4.69, 9.17) is 0 Å². The van der Waals surface area contributed by atoms with Gasteiger partial charge in [-0.1, -0.05) is 18.2 Å². The normalized spacial score (nSPS) is 11.2. The number of amides is 3. The number of carbonyl (C=O) groups is 2. The Labute approximate surface area is 134 Å². The maximum atomic E-state index is 11.9. The smallest absolute Gasteiger partial charge is 0.329 e. The minimum absolute atomic E-state index is 0.0503. The molecule has 0 saturated heterocycles. The van der Waals surface area contributed by atoms with Crippen molar-refractivity contribution < 1.29 is 27.7 Å². The zero-order chi connectivity index (χ0) is 18.3. The van der Waals surface area contributed by atoms with Crippen LogP contribution in [0.25, 0.3) is 0 Å². The monoisotopic (exact) mass is 348 g/mol. The average molecular weight is 348 g/mol. The van der Waals surface area contributed by atoms with Crippen LogP contribution in [-0.4, -0.2) is 48.1 Å². The molecule has 0 radical (unpaired) electrons. The number of benzene rings is 1. The number of hydrogen-bond donors (Lipinski definition) is 2. The number of alkyl halides is 3. The van der Waals surface area contributed by atoms with Gasteiger partial charge < -0.3 is 5.32 Å². The highest BCUT2D eigenvalue weighted by Crippen LogP contribution is 2.18. The maximum absolute atomic E-state index is 11.9. The minimum Gasteiger partial charge on any atom is -0.329 e. The van der Waals surface area contributed by atoms with Crippen LogP contribution in [0.2, 0.25) is 0 Å². The van der Waals surface area contributed by atoms with Gasteiger partial charge in [0.05, 0.1) is 11.5 Å². The lowest BCUT2D eigenvalue weighted by atomic mass is 10.1. The van der Waals surface area contributed by atoms with Crippen molar-refractivity contribution in [2.75, 3.05) is 20.1 Å². The average Bonchev–Trinajstić information content (AvgIpc) is 2.44. The molecule has 0 bridgehead atoms. The van der Waals surface area contributed by atoms with Crippen molar-refractivity contribution in [1.29, 1.82) is 0 Å². The van der Waals surface area contributed by atoms with Crippen LogP contribution < -0.4 is 10.6 Å². The molecule has 3 amide bonds. The predicted molar refractivity (Wildman–Crippen MR) is 77.0 cm³/mol. The molecule has 0 aromatic heterocycles. The lowest BCUT2D eigenvalue weighted by molar-refractivity contribution is -0.385. The summed E-state index contributed by atoms with van der Waals surface area (Å²) in [6, 6.07) is 4.66. The molecule has 0 saturated carbocycles. The van der Waals surface area contributed by atoms with Crippen molar-refractivity contribution in [2.24, 2.45) is 0 Å². The maximum Gasteiger partial charge on any atom is 0.405 e. The van der Waals surface area contributed by atoms with Crippen LogP contribution in [0.5, 0.6) is 0 Å². The summed E-state index contributed by atoms with van der Waals surface area (Å²) in [6.07, 6.45) is -4.58. The molecule has 0 spiro atoms. The van der Waals surface area contributed by atoms with Gasteiger partial charge in [0.25, 0.3) is 5.69 Å². The van der Waals surface area contributed by atoms with Crippen LogP contribution in [-0.2, 0) is 11.3 Å². The first kappa shape index (κ1) is 19.4. The molecule has 0 unspecified atom stereocenters. The van der Waals surface area contributed by atoms with Crippen molar-refractivity contribution in [1.82, 2.24) is 15.5 Å². The van der Waals surface area contributed by atoms with E-state index in [1.807, 2.05) is 0 Å². The Bertz CT molecular complexity index is 621. The topological polar surface area (TPSA) is 105 Å². The molecule has 8 nitrogen and oxygen atoms in total. The number of nitrogens with one attached hydrogen (secondary N) is 2. The number of carbonyl (C=O) groups excluding carboxylic acids is 2. The number of nitrogens with zero attached hydrogens (tertiary/aromatic N) is 2. The Kier molecular flexibility index (Phi) is 6.65. The van der Waals surface area contributed by atoms with E-state index >= 15 is 0 Å². The number of imide groups is 1. The fourth-order valence-electron chi connectivity index (χ4n) is 1.81. The van der Waals surface area contributed by atoms with E-state index in [-0.39, 0.29) is 18.8 Å². The molecule has 0 atom stereocenters. The summed E-state index contributed by atoms with van der Waals surface area (Å²) < 4.78 is 35.8. The fraction of sp³-hybridized carbons (Fsp3) is 0.385. The number of urea groups is 1. The van der Waals surface area contributed by atoms with E-state index in [1.54, 1.807) is 11.4 Å². The largest absolute Gasteiger partial charge is 0.405 e. The quantitative estimate of drug-likeness (QED) is 0.597. The first-order chi connectivity index (χ1) is 11.1. The summed E-state index contributed by atoms with van der Waals surface area (Å²) in [4.78, 5) is 34.4. The molecule has 2 N–H and O–H groups in total. The van der Waals surface area contributed by atoms with Gasteiger partial charge in [0.1, 0.15) is 6.54 Å². The summed E-state index contributed by atoms with van der Waals surface area (Å²) in [5.41, 5.74) is 0.243. The van der Waals surface area contributed by atoms with Crippen molar-refractivity contribution >= 4 is 17.6 Å². The zero-order valence-corrected chi connectivity index (χ0v) is 12.6. The highest BCUT2D eigenvalue weighted by molar-refractivity contribution is 5.95. The van der Waals surface area contributed by atoms with E-state index in [9.17, 15) is 32.9 Å². The standard InChI is InChI=1S/C13H15F3N4O4/c1-19(6-9-4-2-3-5-10(9)20(23)24)7-11(21)18-12(22)17-8-13(14,15)16/h2-5H,6-8H2,1H3,(H2,17,18,21,22). The number of rotatable bonds is 6. The lowest BCUT2D eigenvalue weighted by Crippen LogP contribution is -2.46. The summed E-state index contributed by atoms with van der Waals surface area (Å²) in [5, 5.41) is 14.1. The summed E-state index contributed by atoms with van der Waals surface area (Å²) in [6.45, 7) is -1.83. The van der Waals surface area contributed by atoms with Crippen molar-refractivity contribution in [3.8, 4) is 0 Å². The van der Waals surface area contributed by atoms with Crippen LogP contribution in [0.3, 0.4) is 0 Å². The van der Waals surface area contributed by atoms with Crippen LogP contribution in [0, 0.1) is 10.1 Å². The molecule has 0 aliphatic heterocycles. The van der Waals surface area contributed by atoms with Gasteiger partial charge in [-0.05, 0) is 7.05 Å². The second-order valence-electron chi connectivity index (χ2n) is 4.90. The van der Waals surface area contributed by atoms with Crippen LogP contribution in [0.1, 0.15) is 5.56 Å². The Morgan fingerprint density at radius 2 is 1.92 bits per heavy atom. The van der Waals surface area contributed by atoms with Crippen LogP contribution in [0.4, 0.5) is 23.7 Å². The van der Waals surface area contributed by atoms with E-state index in [0.29, 0.717) is 5.56 Å². The van der Waals surface area contributed by atoms with Gasteiger partial charge in [-0.3, -0.25) is 25.1 Å². The number of halogens is 3. The Balaban J connectivity index is 2.50. The molecule has 0 aliphatic rings. The molecule has 0 aliphatic carbocycles. The summed E-state index contributed by atoms with van der Waals surface area (Å²) >= 11 is 0. The third kappa shape index (κ3) is 7.05. The SMILES string of the molecule is CN(CC(=O)NC(=O)NCC(F)(F)F)Cc1ccccc1[N+](=O)[O-]. The zero-order valence-electron chi connectivity index (χ0n) is 12.6. The highest BCUT2D eigenvalue weighted by atomic mass is 19.4. The van der Waals surface area contributed by atoms with Gasteiger partial charge in [-0.25, -0.2) is 4.79 Å². The second-order valence-corrected chi connectivity index (χ2v) is 4.90. The molecule has 11 heteroatoms. The highest BCUT2D eigenvalue weighted by Gasteiger charge is 2.28. The van der Waals surface area contributed by atoms with E-state index in [2.05, 4.69) is 0 Å². The number of likely N-dealkylation sites (N-methyl/N-ethyl adjacent to an activating group) is 1. The molecule has 0 heterocycles. The van der Waals surface area contributed by atoms with Crippen LogP contribution >= 0.6 is 0 Å². The Morgan fingerprint density at radius 1 is 1.29 bits per heavy atom. The second kappa shape index (κ2) is 8.24. The Hall–Kier alpha value is -2.69. The van der Waals surface area contributed by atoms with Gasteiger partial charge in [-0.2, -0.15) is 13.2 Å². The van der Waals surface area contributed by atoms with Gasteiger partial charge in [0.2, 0.25) is 5.91 Å². The van der Waals surface area contributed by atoms with E-state index in [1.165, 1.54) is 35.5 Å². The third-order valence-corrected chi connectivity index (χ3v) is 2.74. The number of hydrogen-bond acceptors (Lipinski definition) is 5. The van der Waals surface area contributed by atoms with E-state index in [0.717, 1.165) is 0 Å². The van der Waals surface area contributed by atoms with Crippen molar-refractivity contribution in [3.63, 3.8) is 0 Å². The number of para-hydroxylation sites is 1. The van der Waals surface area contributed by atoms with Gasteiger partial charge in [0, 0.05) is 18.2 Å². The third-order valence-electron chi connectivity index (χ3n) is 2.74. The molecular formula is C13H15F3N4O4. The number of nitro benzene ring substituents is 1. The summed E-state index contributed by atoms with van der Waals surface area (Å²) in [7, 11) is 1.48. The van der Waals surface area contributed by atoms with Crippen molar-refractivity contribution in [3.05, 3.63) is 39.9 Å². The summed E-state index contributed by atoms with van der Waals surface area (Å²) in [5.74, 6) is -0.837. The van der Waals surface area contributed by atoms with Gasteiger partial charge >= 0.3 is 12.2 Å². The van der Waals surface area contributed by atoms with Crippen LogP contribution in [0.15, 0.2) is 24.3 Å². The minimum atomic E-state index is -4.58. The molecule has 24 heavy (non-hydrogen) atoms. The predicted octanol–water partition coefficient (Wildman–Crippen LogP) is 1.41. The first-order valence-electron chi connectivity index (χ1n) is 6.64. The molecule has 1 aromatic rings. The first-order valence-corrected chi connectivity index (χ1v) is 6.64. The molecule has 132 valence electrons. The van der Waals surface area contributed by atoms with Gasteiger partial charge in [-0.15, -0.1) is 0 Å². The lowest BCUT2D eigenvalue weighted by Gasteiger charge is -2.16. The molecular weight excluding hydrogens is 333 g/mol. The molecule has 1 rings (SSSR count). The fourth-order valence-corrected chi connectivity index (χ4v) is 1.81. The van der Waals surface area contributed by atoms with Crippen molar-refractivity contribution in [2.45, 2.75) is 12.7 Å². The Morgan fingerprint density at radius 3 is 2.50 bits per heavy atom. The number of nitro groups is 1. The molecule has 0 fully saturated rings.